The molecule has 0 spiro atoms. The first-order valence-electron chi connectivity index (χ1n) is 13.5. The summed E-state index contributed by atoms with van der Waals surface area (Å²) in [5, 5.41) is 7.48. The fourth-order valence-electron chi connectivity index (χ4n) is 5.45. The van der Waals surface area contributed by atoms with Gasteiger partial charge in [0.1, 0.15) is 0 Å². The van der Waals surface area contributed by atoms with Gasteiger partial charge in [0.05, 0.1) is 11.4 Å². The summed E-state index contributed by atoms with van der Waals surface area (Å²) >= 11 is 6.20. The molecule has 0 radical (unpaired) electrons. The van der Waals surface area contributed by atoms with E-state index in [1.54, 1.807) is 0 Å². The van der Waals surface area contributed by atoms with Gasteiger partial charge < -0.3 is 20.4 Å². The minimum Gasteiger partial charge on any atom is -0.379 e. The van der Waals surface area contributed by atoms with Crippen molar-refractivity contribution >= 4 is 28.9 Å². The smallest absolute Gasteiger partial charge is 0.251 e. The molecular weight excluding hydrogens is 456 g/mol. The van der Waals surface area contributed by atoms with E-state index >= 15 is 0 Å². The summed E-state index contributed by atoms with van der Waals surface area (Å²) in [6.45, 7) is 6.67. The van der Waals surface area contributed by atoms with Gasteiger partial charge in [-0.05, 0) is 106 Å². The molecule has 1 amide bonds. The van der Waals surface area contributed by atoms with Gasteiger partial charge in [0.15, 0.2) is 0 Å². The number of amides is 1. The molecule has 2 N–H and O–H groups in total. The third kappa shape index (κ3) is 6.92. The standard InChI is InChI=1S/C29H39ClN4O/c30-25-6-4-5-23(19-25)21-31-27-20-24(29(35)32-26-8-9-26)7-10-28(27)34-17-12-22(13-18-34)11-16-33-14-2-1-3-15-33/h4-7,10,19-20,22,26,31H,1-3,8-9,11-18,21H2,(H,32,35). The Kier molecular flexibility index (Phi) is 8.15. The fourth-order valence-corrected chi connectivity index (χ4v) is 5.66. The van der Waals surface area contributed by atoms with Crippen molar-refractivity contribution in [3.05, 3.63) is 58.6 Å². The maximum atomic E-state index is 12.7. The van der Waals surface area contributed by atoms with Crippen LogP contribution in [0.5, 0.6) is 0 Å². The molecule has 5 nitrogen and oxygen atoms in total. The zero-order valence-electron chi connectivity index (χ0n) is 20.8. The minimum absolute atomic E-state index is 0.0290. The number of carbonyl (C=O) groups is 1. The van der Waals surface area contributed by atoms with Crippen molar-refractivity contribution in [1.29, 1.82) is 0 Å². The number of rotatable bonds is 9. The van der Waals surface area contributed by atoms with E-state index in [0.717, 1.165) is 53.7 Å². The van der Waals surface area contributed by atoms with Gasteiger partial charge in [-0.1, -0.05) is 30.2 Å². The lowest BCUT2D eigenvalue weighted by Crippen LogP contribution is -2.36. The van der Waals surface area contributed by atoms with Crippen LogP contribution in [0.25, 0.3) is 0 Å². The first kappa shape index (κ1) is 24.5. The second kappa shape index (κ2) is 11.7. The summed E-state index contributed by atoms with van der Waals surface area (Å²) in [5.74, 6) is 0.848. The number of hydrogen-bond donors (Lipinski definition) is 2. The molecule has 188 valence electrons. The van der Waals surface area contributed by atoms with Gasteiger partial charge in [0.2, 0.25) is 0 Å². The minimum atomic E-state index is 0.0290. The van der Waals surface area contributed by atoms with E-state index in [4.69, 9.17) is 11.6 Å². The second-order valence-corrected chi connectivity index (χ2v) is 11.0. The molecule has 2 aromatic rings. The summed E-state index contributed by atoms with van der Waals surface area (Å²) in [6, 6.07) is 14.5. The van der Waals surface area contributed by atoms with Gasteiger partial charge in [0.25, 0.3) is 5.91 Å². The molecular formula is C29H39ClN4O. The quantitative estimate of drug-likeness (QED) is 0.453. The van der Waals surface area contributed by atoms with E-state index < -0.39 is 0 Å². The van der Waals surface area contributed by atoms with E-state index in [2.05, 4.69) is 32.6 Å². The third-order valence-corrected chi connectivity index (χ3v) is 8.04. The predicted molar refractivity (Wildman–Crippen MR) is 146 cm³/mol. The van der Waals surface area contributed by atoms with Gasteiger partial charge in [-0.15, -0.1) is 0 Å². The normalized spacial score (nSPS) is 19.5. The molecule has 6 heteroatoms. The number of likely N-dealkylation sites (tertiary alicyclic amines) is 1. The molecule has 0 unspecified atom stereocenters. The Balaban J connectivity index is 1.23. The van der Waals surface area contributed by atoms with Crippen LogP contribution in [0.15, 0.2) is 42.5 Å². The molecule has 0 aromatic heterocycles. The summed E-state index contributed by atoms with van der Waals surface area (Å²) in [7, 11) is 0. The lowest BCUT2D eigenvalue weighted by atomic mass is 9.92. The molecule has 5 rings (SSSR count). The second-order valence-electron chi connectivity index (χ2n) is 10.6. The van der Waals surface area contributed by atoms with Crippen LogP contribution < -0.4 is 15.5 Å². The van der Waals surface area contributed by atoms with E-state index in [1.807, 2.05) is 30.3 Å². The maximum Gasteiger partial charge on any atom is 0.251 e. The molecule has 2 aromatic carbocycles. The molecule has 3 fully saturated rings. The number of halogens is 1. The molecule has 2 saturated heterocycles. The van der Waals surface area contributed by atoms with Gasteiger partial charge >= 0.3 is 0 Å². The number of nitrogens with one attached hydrogen (secondary N) is 2. The maximum absolute atomic E-state index is 12.7. The topological polar surface area (TPSA) is 47.6 Å². The summed E-state index contributed by atoms with van der Waals surface area (Å²) < 4.78 is 0. The Morgan fingerprint density at radius 1 is 0.943 bits per heavy atom. The number of anilines is 2. The van der Waals surface area contributed by atoms with E-state index in [9.17, 15) is 4.79 Å². The van der Waals surface area contributed by atoms with Crippen LogP contribution in [0.1, 0.15) is 67.3 Å². The lowest BCUT2D eigenvalue weighted by Gasteiger charge is -2.36. The fraction of sp³-hybridized carbons (Fsp3) is 0.552. The van der Waals surface area contributed by atoms with Crippen LogP contribution in [0.3, 0.4) is 0 Å². The van der Waals surface area contributed by atoms with Crippen molar-refractivity contribution in [1.82, 2.24) is 10.2 Å². The SMILES string of the molecule is O=C(NC1CC1)c1ccc(N2CCC(CCN3CCCCC3)CC2)c(NCc2cccc(Cl)c2)c1. The first-order chi connectivity index (χ1) is 17.1. The van der Waals surface area contributed by atoms with Gasteiger partial charge in [0, 0.05) is 36.3 Å². The highest BCUT2D eigenvalue weighted by Crippen LogP contribution is 2.33. The average Bonchev–Trinajstić information content (AvgIpc) is 3.71. The van der Waals surface area contributed by atoms with Gasteiger partial charge in [-0.3, -0.25) is 4.79 Å². The van der Waals surface area contributed by atoms with Crippen LogP contribution in [0, 0.1) is 5.92 Å². The summed E-state index contributed by atoms with van der Waals surface area (Å²) in [6.07, 6.45) is 10.2. The number of benzene rings is 2. The summed E-state index contributed by atoms with van der Waals surface area (Å²) in [5.41, 5.74) is 4.09. The van der Waals surface area contributed by atoms with Crippen LogP contribution in [0.2, 0.25) is 5.02 Å². The van der Waals surface area contributed by atoms with E-state index in [0.29, 0.717) is 12.6 Å². The molecule has 0 atom stereocenters. The van der Waals surface area contributed by atoms with Crippen molar-refractivity contribution in [2.24, 2.45) is 5.92 Å². The molecule has 35 heavy (non-hydrogen) atoms. The van der Waals surface area contributed by atoms with Crippen LogP contribution >= 0.6 is 11.6 Å². The van der Waals surface area contributed by atoms with Gasteiger partial charge in [-0.2, -0.15) is 0 Å². The Bertz CT molecular complexity index is 994. The lowest BCUT2D eigenvalue weighted by molar-refractivity contribution is 0.0951. The monoisotopic (exact) mass is 494 g/mol. The summed E-state index contributed by atoms with van der Waals surface area (Å²) in [4.78, 5) is 17.9. The van der Waals surface area contributed by atoms with Crippen molar-refractivity contribution < 1.29 is 4.79 Å². The highest BCUT2D eigenvalue weighted by molar-refractivity contribution is 6.30. The molecule has 1 aliphatic carbocycles. The molecule has 2 aliphatic heterocycles. The number of hydrogen-bond acceptors (Lipinski definition) is 4. The van der Waals surface area contributed by atoms with Crippen LogP contribution in [-0.4, -0.2) is 49.6 Å². The van der Waals surface area contributed by atoms with Crippen molar-refractivity contribution in [2.75, 3.05) is 42.9 Å². The zero-order valence-corrected chi connectivity index (χ0v) is 21.5. The largest absolute Gasteiger partial charge is 0.379 e. The first-order valence-corrected chi connectivity index (χ1v) is 13.9. The zero-order chi connectivity index (χ0) is 24.0. The Morgan fingerprint density at radius 3 is 2.49 bits per heavy atom. The average molecular weight is 495 g/mol. The molecule has 3 aliphatic rings. The number of carbonyl (C=O) groups excluding carboxylic acids is 1. The molecule has 2 heterocycles. The third-order valence-electron chi connectivity index (χ3n) is 7.80. The molecule has 0 bridgehead atoms. The molecule has 1 saturated carbocycles. The Hall–Kier alpha value is -2.24. The Labute approximate surface area is 215 Å². The van der Waals surface area contributed by atoms with Crippen molar-refractivity contribution in [2.45, 2.75) is 64.0 Å². The van der Waals surface area contributed by atoms with Crippen LogP contribution in [0.4, 0.5) is 11.4 Å². The Morgan fingerprint density at radius 2 is 1.74 bits per heavy atom. The van der Waals surface area contributed by atoms with Gasteiger partial charge in [-0.25, -0.2) is 0 Å². The highest BCUT2D eigenvalue weighted by Gasteiger charge is 2.25. The van der Waals surface area contributed by atoms with Crippen molar-refractivity contribution in [3.63, 3.8) is 0 Å². The number of piperidine rings is 2. The van der Waals surface area contributed by atoms with E-state index in [-0.39, 0.29) is 5.91 Å². The van der Waals surface area contributed by atoms with Crippen molar-refractivity contribution in [3.8, 4) is 0 Å². The number of nitrogens with zero attached hydrogens (tertiary/aromatic N) is 2. The highest BCUT2D eigenvalue weighted by atomic mass is 35.5. The predicted octanol–water partition coefficient (Wildman–Crippen LogP) is 5.94. The van der Waals surface area contributed by atoms with E-state index in [1.165, 1.54) is 63.8 Å². The van der Waals surface area contributed by atoms with Crippen LogP contribution in [-0.2, 0) is 6.54 Å².